The van der Waals surface area contributed by atoms with Gasteiger partial charge in [-0.15, -0.1) is 0 Å². The molecule has 0 bridgehead atoms. The van der Waals surface area contributed by atoms with Crippen LogP contribution in [0, 0.1) is 13.8 Å². The Morgan fingerprint density at radius 1 is 1.00 bits per heavy atom. The van der Waals surface area contributed by atoms with Gasteiger partial charge in [0.1, 0.15) is 0 Å². The van der Waals surface area contributed by atoms with Gasteiger partial charge in [0.25, 0.3) is 5.91 Å². The first-order chi connectivity index (χ1) is 12.7. The van der Waals surface area contributed by atoms with Crippen molar-refractivity contribution in [2.24, 2.45) is 0 Å². The predicted molar refractivity (Wildman–Crippen MR) is 107 cm³/mol. The molecule has 1 saturated heterocycles. The topological polar surface area (TPSA) is 57.7 Å². The van der Waals surface area contributed by atoms with E-state index in [9.17, 15) is 13.2 Å². The number of halogens is 2. The zero-order chi connectivity index (χ0) is 19.8. The minimum absolute atomic E-state index is 0.217. The minimum Gasteiger partial charge on any atom is -0.336 e. The molecular weight excluding hydrogens is 407 g/mol. The third-order valence-electron chi connectivity index (χ3n) is 4.67. The van der Waals surface area contributed by atoms with E-state index in [-0.39, 0.29) is 24.0 Å². The molecule has 144 valence electrons. The van der Waals surface area contributed by atoms with Crippen molar-refractivity contribution in [2.75, 3.05) is 26.2 Å². The molecule has 0 unspecified atom stereocenters. The van der Waals surface area contributed by atoms with E-state index in [2.05, 4.69) is 0 Å². The third-order valence-corrected chi connectivity index (χ3v) is 7.53. The lowest BCUT2D eigenvalue weighted by molar-refractivity contribution is 0.0698. The highest BCUT2D eigenvalue weighted by atomic mass is 35.5. The van der Waals surface area contributed by atoms with E-state index >= 15 is 0 Å². The van der Waals surface area contributed by atoms with Gasteiger partial charge in [-0.05, 0) is 43.2 Å². The summed E-state index contributed by atoms with van der Waals surface area (Å²) in [5.74, 6) is -0.244. The summed E-state index contributed by atoms with van der Waals surface area (Å²) in [5, 5.41) is 0.535. The van der Waals surface area contributed by atoms with E-state index in [1.165, 1.54) is 4.31 Å². The number of nitrogens with zero attached hydrogens (tertiary/aromatic N) is 2. The minimum atomic E-state index is -3.60. The van der Waals surface area contributed by atoms with E-state index in [4.69, 9.17) is 23.2 Å². The lowest BCUT2D eigenvalue weighted by atomic mass is 10.2. The van der Waals surface area contributed by atoms with Crippen LogP contribution >= 0.6 is 23.2 Å². The molecule has 8 heteroatoms. The molecule has 0 spiro atoms. The second-order valence-corrected chi connectivity index (χ2v) is 9.26. The number of hydrogen-bond donors (Lipinski definition) is 0. The fraction of sp³-hybridized carbons (Fsp3) is 0.316. The highest BCUT2D eigenvalue weighted by Crippen LogP contribution is 2.27. The monoisotopic (exact) mass is 426 g/mol. The SMILES string of the molecule is Cc1ccc(C)c(S(=O)(=O)N2CCN(C(=O)c3cccc(Cl)c3Cl)CC2)c1. The molecule has 0 N–H and O–H groups in total. The molecule has 0 atom stereocenters. The molecule has 1 amide bonds. The summed E-state index contributed by atoms with van der Waals surface area (Å²) in [6, 6.07) is 10.3. The Balaban J connectivity index is 1.76. The molecule has 1 aliphatic rings. The number of carbonyl (C=O) groups is 1. The van der Waals surface area contributed by atoms with Gasteiger partial charge in [-0.3, -0.25) is 4.79 Å². The molecule has 1 fully saturated rings. The molecule has 0 radical (unpaired) electrons. The second-order valence-electron chi connectivity index (χ2n) is 6.57. The summed E-state index contributed by atoms with van der Waals surface area (Å²) < 4.78 is 27.4. The van der Waals surface area contributed by atoms with Crippen LogP contribution in [0.2, 0.25) is 10.0 Å². The fourth-order valence-electron chi connectivity index (χ4n) is 3.10. The molecule has 0 aliphatic carbocycles. The summed E-state index contributed by atoms with van der Waals surface area (Å²) in [6.45, 7) is 4.72. The van der Waals surface area contributed by atoms with E-state index < -0.39 is 10.0 Å². The van der Waals surface area contributed by atoms with Gasteiger partial charge in [-0.1, -0.05) is 41.4 Å². The van der Waals surface area contributed by atoms with Crippen molar-refractivity contribution < 1.29 is 13.2 Å². The summed E-state index contributed by atoms with van der Waals surface area (Å²) in [7, 11) is -3.60. The number of hydrogen-bond acceptors (Lipinski definition) is 3. The normalized spacial score (nSPS) is 15.8. The van der Waals surface area contributed by atoms with Crippen molar-refractivity contribution in [2.45, 2.75) is 18.7 Å². The highest BCUT2D eigenvalue weighted by molar-refractivity contribution is 7.89. The van der Waals surface area contributed by atoms with Crippen molar-refractivity contribution in [3.05, 3.63) is 63.1 Å². The van der Waals surface area contributed by atoms with Crippen molar-refractivity contribution in [1.29, 1.82) is 0 Å². The smallest absolute Gasteiger partial charge is 0.255 e. The molecule has 0 aromatic heterocycles. The fourth-order valence-corrected chi connectivity index (χ4v) is 5.21. The van der Waals surface area contributed by atoms with Crippen molar-refractivity contribution in [1.82, 2.24) is 9.21 Å². The predicted octanol–water partition coefficient (Wildman–Crippen LogP) is 3.76. The maximum absolute atomic E-state index is 13.0. The Morgan fingerprint density at radius 2 is 1.67 bits per heavy atom. The molecule has 1 aliphatic heterocycles. The van der Waals surface area contributed by atoms with Crippen LogP contribution in [0.3, 0.4) is 0 Å². The van der Waals surface area contributed by atoms with E-state index in [1.807, 2.05) is 19.1 Å². The van der Waals surface area contributed by atoms with Crippen LogP contribution in [0.15, 0.2) is 41.3 Å². The Bertz CT molecular complexity index is 984. The second kappa shape index (κ2) is 7.80. The van der Waals surface area contributed by atoms with E-state index in [0.29, 0.717) is 34.1 Å². The quantitative estimate of drug-likeness (QED) is 0.750. The van der Waals surface area contributed by atoms with Crippen molar-refractivity contribution in [3.8, 4) is 0 Å². The largest absolute Gasteiger partial charge is 0.336 e. The first-order valence-corrected chi connectivity index (χ1v) is 10.7. The summed E-state index contributed by atoms with van der Waals surface area (Å²) in [6.07, 6.45) is 0. The number of aryl methyl sites for hydroxylation is 2. The number of sulfonamides is 1. The van der Waals surface area contributed by atoms with Crippen molar-refractivity contribution in [3.63, 3.8) is 0 Å². The Kier molecular flexibility index (Phi) is 5.82. The zero-order valence-corrected chi connectivity index (χ0v) is 17.4. The Labute approximate surface area is 169 Å². The van der Waals surface area contributed by atoms with E-state index in [0.717, 1.165) is 5.56 Å². The van der Waals surface area contributed by atoms with Gasteiger partial charge < -0.3 is 4.90 Å². The maximum atomic E-state index is 13.0. The van der Waals surface area contributed by atoms with Gasteiger partial charge in [0.15, 0.2) is 0 Å². The molecule has 27 heavy (non-hydrogen) atoms. The molecule has 5 nitrogen and oxygen atoms in total. The average molecular weight is 427 g/mol. The highest BCUT2D eigenvalue weighted by Gasteiger charge is 2.32. The molecular formula is C19H20Cl2N2O3S. The van der Waals surface area contributed by atoms with Crippen LogP contribution in [0.1, 0.15) is 21.5 Å². The first-order valence-electron chi connectivity index (χ1n) is 8.52. The number of amides is 1. The molecule has 2 aromatic rings. The first kappa shape index (κ1) is 20.1. The van der Waals surface area contributed by atoms with Gasteiger partial charge in [-0.25, -0.2) is 8.42 Å². The molecule has 1 heterocycles. The summed E-state index contributed by atoms with van der Waals surface area (Å²) in [5.41, 5.74) is 1.93. The van der Waals surface area contributed by atoms with E-state index in [1.54, 1.807) is 36.1 Å². The number of benzene rings is 2. The van der Waals surface area contributed by atoms with Gasteiger partial charge >= 0.3 is 0 Å². The maximum Gasteiger partial charge on any atom is 0.255 e. The summed E-state index contributed by atoms with van der Waals surface area (Å²) >= 11 is 12.1. The van der Waals surface area contributed by atoms with Crippen LogP contribution < -0.4 is 0 Å². The number of rotatable bonds is 3. The van der Waals surface area contributed by atoms with Crippen LogP contribution in [0.4, 0.5) is 0 Å². The molecule has 0 saturated carbocycles. The standard InChI is InChI=1S/C19H20Cl2N2O3S/c1-13-6-7-14(2)17(12-13)27(25,26)23-10-8-22(9-11-23)19(24)15-4-3-5-16(20)18(15)21/h3-7,12H,8-11H2,1-2H3. The number of carbonyl (C=O) groups excluding carboxylic acids is 1. The lowest BCUT2D eigenvalue weighted by Gasteiger charge is -2.34. The van der Waals surface area contributed by atoms with Gasteiger partial charge in [0.05, 0.1) is 20.5 Å². The molecule has 2 aromatic carbocycles. The van der Waals surface area contributed by atoms with Crippen LogP contribution in [0.5, 0.6) is 0 Å². The van der Waals surface area contributed by atoms with Crippen LogP contribution in [-0.4, -0.2) is 49.7 Å². The third kappa shape index (κ3) is 3.99. The Hall–Kier alpha value is -1.60. The van der Waals surface area contributed by atoms with Crippen LogP contribution in [-0.2, 0) is 10.0 Å². The van der Waals surface area contributed by atoms with Gasteiger partial charge in [0, 0.05) is 26.2 Å². The average Bonchev–Trinajstić information content (AvgIpc) is 2.65. The van der Waals surface area contributed by atoms with Crippen LogP contribution in [0.25, 0.3) is 0 Å². The zero-order valence-electron chi connectivity index (χ0n) is 15.1. The van der Waals surface area contributed by atoms with Crippen molar-refractivity contribution >= 4 is 39.1 Å². The Morgan fingerprint density at radius 3 is 2.33 bits per heavy atom. The molecule has 3 rings (SSSR count). The summed E-state index contributed by atoms with van der Waals surface area (Å²) in [4.78, 5) is 14.6. The van der Waals surface area contributed by atoms with Gasteiger partial charge in [0.2, 0.25) is 10.0 Å². The van der Waals surface area contributed by atoms with Gasteiger partial charge in [-0.2, -0.15) is 4.31 Å². The lowest BCUT2D eigenvalue weighted by Crippen LogP contribution is -2.50. The number of piperazine rings is 1.